The molecule has 192 valence electrons. The van der Waals surface area contributed by atoms with Crippen LogP contribution in [-0.2, 0) is 6.18 Å². The summed E-state index contributed by atoms with van der Waals surface area (Å²) in [6.45, 7) is -1.66. The van der Waals surface area contributed by atoms with Gasteiger partial charge in [0.2, 0.25) is 4.73 Å². The first-order chi connectivity index (χ1) is 16.7. The summed E-state index contributed by atoms with van der Waals surface area (Å²) in [6, 6.07) is 1.18. The van der Waals surface area contributed by atoms with Gasteiger partial charge in [0, 0.05) is 12.0 Å². The van der Waals surface area contributed by atoms with Crippen LogP contribution in [0.1, 0.15) is 52.6 Å². The van der Waals surface area contributed by atoms with Crippen molar-refractivity contribution in [1.82, 2.24) is 30.0 Å². The molecular weight excluding hydrogens is 569 g/mol. The van der Waals surface area contributed by atoms with Crippen LogP contribution in [0.4, 0.5) is 30.7 Å². The molecule has 0 aliphatic heterocycles. The molecule has 2 atom stereocenters. The summed E-state index contributed by atoms with van der Waals surface area (Å²) in [4.78, 5) is 24.6. The average molecular weight is 583 g/mol. The van der Waals surface area contributed by atoms with E-state index in [1.54, 1.807) is 0 Å². The molecule has 1 aliphatic rings. The number of carbonyl (C=O) groups excluding carboxylic acids is 1. The number of amides is 1. The molecule has 1 amide bonds. The van der Waals surface area contributed by atoms with Gasteiger partial charge in [0.05, 0.1) is 29.9 Å². The lowest BCUT2D eigenvalue weighted by atomic mass is 10.0. The maximum absolute atomic E-state index is 13.5. The summed E-state index contributed by atoms with van der Waals surface area (Å²) in [5.41, 5.74) is -1.99. The van der Waals surface area contributed by atoms with E-state index in [0.717, 1.165) is 23.1 Å². The van der Waals surface area contributed by atoms with E-state index < -0.39 is 54.1 Å². The highest BCUT2D eigenvalue weighted by Gasteiger charge is 2.58. The molecule has 0 spiro atoms. The second kappa shape index (κ2) is 9.29. The van der Waals surface area contributed by atoms with Crippen LogP contribution in [0.3, 0.4) is 0 Å². The minimum atomic E-state index is -4.86. The number of benzene rings is 1. The second-order valence-electron chi connectivity index (χ2n) is 7.80. The molecule has 1 saturated carbocycles. The van der Waals surface area contributed by atoms with Crippen molar-refractivity contribution >= 4 is 21.8 Å². The van der Waals surface area contributed by atoms with E-state index in [-0.39, 0.29) is 27.8 Å². The number of aromatic nitrogens is 5. The molecule has 0 bridgehead atoms. The predicted molar refractivity (Wildman–Crippen MR) is 111 cm³/mol. The maximum atomic E-state index is 13.5. The van der Waals surface area contributed by atoms with Crippen LogP contribution in [0.15, 0.2) is 35.3 Å². The number of carbonyl (C=O) groups is 1. The van der Waals surface area contributed by atoms with Gasteiger partial charge in [-0.25, -0.2) is 23.7 Å². The van der Waals surface area contributed by atoms with Gasteiger partial charge in [0.15, 0.2) is 11.6 Å². The van der Waals surface area contributed by atoms with Crippen molar-refractivity contribution in [3.63, 3.8) is 0 Å². The number of nitrogens with one attached hydrogen (secondary N) is 1. The van der Waals surface area contributed by atoms with Crippen LogP contribution < -0.4 is 10.1 Å². The van der Waals surface area contributed by atoms with E-state index >= 15 is 0 Å². The number of ether oxygens (including phenoxy) is 1. The maximum Gasteiger partial charge on any atom is 0.416 e. The van der Waals surface area contributed by atoms with Crippen LogP contribution in [-0.4, -0.2) is 43.2 Å². The van der Waals surface area contributed by atoms with E-state index in [0.29, 0.717) is 12.1 Å². The number of halogens is 8. The minimum Gasteiger partial charge on any atom is -0.432 e. The predicted octanol–water partition coefficient (Wildman–Crippen LogP) is 5.05. The highest BCUT2D eigenvalue weighted by Crippen LogP contribution is 2.56. The fourth-order valence-electron chi connectivity index (χ4n) is 3.37. The normalized spacial score (nSPS) is 17.7. The Morgan fingerprint density at radius 3 is 2.42 bits per heavy atom. The Morgan fingerprint density at radius 2 is 1.86 bits per heavy atom. The summed E-state index contributed by atoms with van der Waals surface area (Å²) in [5.74, 6) is -5.95. The van der Waals surface area contributed by atoms with Gasteiger partial charge in [0.25, 0.3) is 17.8 Å². The van der Waals surface area contributed by atoms with Crippen molar-refractivity contribution in [3.8, 4) is 11.7 Å². The number of rotatable bonds is 7. The zero-order valence-corrected chi connectivity index (χ0v) is 19.5. The lowest BCUT2D eigenvalue weighted by molar-refractivity contribution is -0.137. The standard InChI is InChI=1S/C20H14BrF7N6O2/c1-8(14-32-16(21)33-34(14)18-29-6-12(7-30-18)36-17(22)23)31-15(35)10-2-9(13-5-19(13,24)25)3-11(4-10)20(26,27)28/h2-4,6-8,13,17H,5H2,1H3,(H,31,35). The molecule has 4 rings (SSSR count). The SMILES string of the molecule is CC(NC(=O)c1cc(C2CC2(F)F)cc(C(F)(F)F)c1)c1nc(Br)nn1-c1ncc(OC(F)F)cn1. The number of hydrogen-bond acceptors (Lipinski definition) is 6. The first-order valence-corrected chi connectivity index (χ1v) is 10.8. The minimum absolute atomic E-state index is 0.0266. The first-order valence-electron chi connectivity index (χ1n) is 10.0. The molecule has 16 heteroatoms. The van der Waals surface area contributed by atoms with Gasteiger partial charge in [0.1, 0.15) is 0 Å². The van der Waals surface area contributed by atoms with Crippen LogP contribution in [0.5, 0.6) is 5.75 Å². The van der Waals surface area contributed by atoms with E-state index in [1.807, 2.05) is 0 Å². The second-order valence-corrected chi connectivity index (χ2v) is 8.51. The molecule has 0 radical (unpaired) electrons. The fourth-order valence-corrected chi connectivity index (χ4v) is 3.72. The number of alkyl halides is 7. The van der Waals surface area contributed by atoms with E-state index in [9.17, 15) is 35.5 Å². The quantitative estimate of drug-likeness (QED) is 0.392. The molecular formula is C20H14BrF7N6O2. The van der Waals surface area contributed by atoms with Gasteiger partial charge in [-0.3, -0.25) is 4.79 Å². The van der Waals surface area contributed by atoms with Crippen molar-refractivity contribution < 1.29 is 40.3 Å². The van der Waals surface area contributed by atoms with Gasteiger partial charge in [-0.05, 0) is 46.6 Å². The Labute approximate surface area is 206 Å². The highest BCUT2D eigenvalue weighted by molar-refractivity contribution is 9.10. The van der Waals surface area contributed by atoms with Gasteiger partial charge in [-0.1, -0.05) is 0 Å². The van der Waals surface area contributed by atoms with Crippen molar-refractivity contribution in [3.05, 3.63) is 57.8 Å². The molecule has 1 N–H and O–H groups in total. The Morgan fingerprint density at radius 1 is 1.22 bits per heavy atom. The largest absolute Gasteiger partial charge is 0.432 e. The van der Waals surface area contributed by atoms with Crippen molar-refractivity contribution in [1.29, 1.82) is 0 Å². The number of nitrogens with zero attached hydrogens (tertiary/aromatic N) is 5. The molecule has 1 fully saturated rings. The van der Waals surface area contributed by atoms with Crippen molar-refractivity contribution in [2.24, 2.45) is 0 Å². The molecule has 8 nitrogen and oxygen atoms in total. The summed E-state index contributed by atoms with van der Waals surface area (Å²) < 4.78 is 97.0. The van der Waals surface area contributed by atoms with Gasteiger partial charge in [-0.2, -0.15) is 26.6 Å². The molecule has 2 unspecified atom stereocenters. The Hall–Kier alpha value is -3.30. The zero-order valence-electron chi connectivity index (χ0n) is 17.9. The van der Waals surface area contributed by atoms with Gasteiger partial charge in [-0.15, -0.1) is 5.10 Å². The average Bonchev–Trinajstić information content (AvgIpc) is 3.24. The van der Waals surface area contributed by atoms with Crippen LogP contribution in [0.2, 0.25) is 0 Å². The molecule has 0 saturated heterocycles. The smallest absolute Gasteiger partial charge is 0.416 e. The fraction of sp³-hybridized carbons (Fsp3) is 0.350. The van der Waals surface area contributed by atoms with Crippen LogP contribution in [0.25, 0.3) is 5.95 Å². The summed E-state index contributed by atoms with van der Waals surface area (Å²) in [5, 5.41) is 6.45. The van der Waals surface area contributed by atoms with E-state index in [4.69, 9.17) is 0 Å². The Bertz CT molecular complexity index is 1280. The van der Waals surface area contributed by atoms with Crippen LogP contribution >= 0.6 is 15.9 Å². The monoisotopic (exact) mass is 582 g/mol. The number of hydrogen-bond donors (Lipinski definition) is 1. The molecule has 2 heterocycles. The van der Waals surface area contributed by atoms with E-state index in [2.05, 4.69) is 46.0 Å². The Kier molecular flexibility index (Phi) is 6.66. The summed E-state index contributed by atoms with van der Waals surface area (Å²) in [6.07, 6.45) is -3.56. The van der Waals surface area contributed by atoms with Crippen LogP contribution in [0, 0.1) is 0 Å². The van der Waals surface area contributed by atoms with E-state index in [1.165, 1.54) is 6.92 Å². The third-order valence-corrected chi connectivity index (χ3v) is 5.48. The molecule has 2 aromatic heterocycles. The summed E-state index contributed by atoms with van der Waals surface area (Å²) >= 11 is 3.05. The third kappa shape index (κ3) is 5.57. The zero-order chi connectivity index (χ0) is 26.4. The Balaban J connectivity index is 1.59. The molecule has 1 aliphatic carbocycles. The lowest BCUT2D eigenvalue weighted by Gasteiger charge is -2.16. The van der Waals surface area contributed by atoms with Crippen molar-refractivity contribution in [2.45, 2.75) is 44.0 Å². The highest BCUT2D eigenvalue weighted by atomic mass is 79.9. The topological polar surface area (TPSA) is 94.8 Å². The third-order valence-electron chi connectivity index (χ3n) is 5.14. The molecule has 1 aromatic carbocycles. The summed E-state index contributed by atoms with van der Waals surface area (Å²) in [7, 11) is 0. The van der Waals surface area contributed by atoms with Crippen molar-refractivity contribution in [2.75, 3.05) is 0 Å². The molecule has 36 heavy (non-hydrogen) atoms. The van der Waals surface area contributed by atoms with Gasteiger partial charge < -0.3 is 10.1 Å². The van der Waals surface area contributed by atoms with Gasteiger partial charge >= 0.3 is 12.8 Å². The first kappa shape index (κ1) is 25.8. The lowest BCUT2D eigenvalue weighted by Crippen LogP contribution is -2.29. The molecule has 3 aromatic rings.